The minimum atomic E-state index is -0.866. The highest BCUT2D eigenvalue weighted by molar-refractivity contribution is 5.97. The summed E-state index contributed by atoms with van der Waals surface area (Å²) in [5.74, 6) is -1.13. The van der Waals surface area contributed by atoms with E-state index in [1.54, 1.807) is 12.1 Å². The first kappa shape index (κ1) is 18.2. The maximum Gasteiger partial charge on any atom is 0.339 e. The van der Waals surface area contributed by atoms with Crippen LogP contribution in [0.4, 0.5) is 4.39 Å². The van der Waals surface area contributed by atoms with Crippen LogP contribution in [0.5, 0.6) is 11.6 Å². The number of nitrogens with zero attached hydrogens (tertiary/aromatic N) is 3. The molecular formula is C22H16FN3O4. The predicted octanol–water partition coefficient (Wildman–Crippen LogP) is 3.32. The number of rotatable bonds is 3. The van der Waals surface area contributed by atoms with Gasteiger partial charge in [0.15, 0.2) is 5.60 Å². The first-order valence-corrected chi connectivity index (χ1v) is 9.41. The third-order valence-electron chi connectivity index (χ3n) is 5.38. The van der Waals surface area contributed by atoms with E-state index in [2.05, 4.69) is 9.97 Å². The predicted molar refractivity (Wildman–Crippen MR) is 103 cm³/mol. The SMILES string of the molecule is O=C1O[C@]2(CCN(C(=O)c3ccc(Oc4cnccn4)cc3F)C2)c2ccccc21. The molecule has 7 nitrogen and oxygen atoms in total. The lowest BCUT2D eigenvalue weighted by molar-refractivity contribution is -0.00309. The van der Waals surface area contributed by atoms with Crippen molar-refractivity contribution in [3.8, 4) is 11.6 Å². The van der Waals surface area contributed by atoms with E-state index < -0.39 is 23.3 Å². The standard InChI is InChI=1S/C22H16FN3O4/c23-18-11-14(29-19-12-24-8-9-25-19)5-6-16(18)20(27)26-10-7-22(13-26)17-4-2-1-3-15(17)21(28)30-22/h1-6,8-9,11-12H,7,10,13H2/t22-/m0/s1. The number of fused-ring (bicyclic) bond motifs is 2. The van der Waals surface area contributed by atoms with E-state index in [9.17, 15) is 14.0 Å². The molecule has 1 amide bonds. The topological polar surface area (TPSA) is 81.6 Å². The van der Waals surface area contributed by atoms with Crippen molar-refractivity contribution in [1.29, 1.82) is 0 Å². The molecule has 1 fully saturated rings. The first-order valence-electron chi connectivity index (χ1n) is 9.41. The smallest absolute Gasteiger partial charge is 0.339 e. The molecule has 2 aromatic carbocycles. The average Bonchev–Trinajstić information content (AvgIpc) is 3.30. The summed E-state index contributed by atoms with van der Waals surface area (Å²) in [6.45, 7) is 0.545. The molecule has 2 aliphatic heterocycles. The number of benzene rings is 2. The summed E-state index contributed by atoms with van der Waals surface area (Å²) in [4.78, 5) is 34.5. The maximum atomic E-state index is 14.7. The number of carbonyl (C=O) groups excluding carboxylic acids is 2. The Hall–Kier alpha value is -3.81. The summed E-state index contributed by atoms with van der Waals surface area (Å²) in [5.41, 5.74) is 0.354. The van der Waals surface area contributed by atoms with Crippen molar-refractivity contribution in [1.82, 2.24) is 14.9 Å². The van der Waals surface area contributed by atoms with Crippen molar-refractivity contribution < 1.29 is 23.5 Å². The third kappa shape index (κ3) is 2.97. The Balaban J connectivity index is 1.35. The molecule has 0 aliphatic carbocycles. The minimum Gasteiger partial charge on any atom is -0.449 e. The monoisotopic (exact) mass is 405 g/mol. The molecule has 2 aliphatic rings. The van der Waals surface area contributed by atoms with E-state index in [1.165, 1.54) is 35.6 Å². The minimum absolute atomic E-state index is 0.0730. The van der Waals surface area contributed by atoms with Crippen LogP contribution in [-0.4, -0.2) is 39.8 Å². The van der Waals surface area contributed by atoms with Crippen LogP contribution >= 0.6 is 0 Å². The van der Waals surface area contributed by atoms with Crippen LogP contribution in [0.25, 0.3) is 0 Å². The quantitative estimate of drug-likeness (QED) is 0.622. The summed E-state index contributed by atoms with van der Waals surface area (Å²) in [6.07, 6.45) is 4.83. The van der Waals surface area contributed by atoms with Crippen molar-refractivity contribution in [2.45, 2.75) is 12.0 Å². The van der Waals surface area contributed by atoms with E-state index in [0.29, 0.717) is 18.5 Å². The normalized spacial score (nSPS) is 19.6. The summed E-state index contributed by atoms with van der Waals surface area (Å²) < 4.78 is 25.8. The Kier molecular flexibility index (Phi) is 4.20. The Morgan fingerprint density at radius 1 is 1.20 bits per heavy atom. The molecule has 0 saturated carbocycles. The molecule has 1 spiro atoms. The van der Waals surface area contributed by atoms with Crippen LogP contribution in [0.2, 0.25) is 0 Å². The molecule has 0 N–H and O–H groups in total. The van der Waals surface area contributed by atoms with Crippen LogP contribution in [-0.2, 0) is 10.3 Å². The molecule has 30 heavy (non-hydrogen) atoms. The van der Waals surface area contributed by atoms with Gasteiger partial charge in [0.2, 0.25) is 5.88 Å². The lowest BCUT2D eigenvalue weighted by Crippen LogP contribution is -2.35. The summed E-state index contributed by atoms with van der Waals surface area (Å²) in [7, 11) is 0. The van der Waals surface area contributed by atoms with Gasteiger partial charge in [0, 0.05) is 37.0 Å². The molecule has 5 rings (SSSR count). The fraction of sp³-hybridized carbons (Fsp3) is 0.182. The van der Waals surface area contributed by atoms with Gasteiger partial charge in [-0.15, -0.1) is 0 Å². The molecule has 0 bridgehead atoms. The summed E-state index contributed by atoms with van der Waals surface area (Å²) in [5, 5.41) is 0. The maximum absolute atomic E-state index is 14.7. The largest absolute Gasteiger partial charge is 0.449 e. The Bertz CT molecular complexity index is 1150. The van der Waals surface area contributed by atoms with E-state index >= 15 is 0 Å². The van der Waals surface area contributed by atoms with E-state index in [4.69, 9.17) is 9.47 Å². The molecule has 0 radical (unpaired) electrons. The van der Waals surface area contributed by atoms with Crippen molar-refractivity contribution in [3.63, 3.8) is 0 Å². The molecule has 150 valence electrons. The lowest BCUT2D eigenvalue weighted by Gasteiger charge is -2.24. The Labute approximate surface area is 171 Å². The Morgan fingerprint density at radius 2 is 2.07 bits per heavy atom. The number of amides is 1. The molecule has 3 heterocycles. The number of carbonyl (C=O) groups is 2. The molecule has 1 saturated heterocycles. The van der Waals surface area contributed by atoms with Gasteiger partial charge >= 0.3 is 5.97 Å². The van der Waals surface area contributed by atoms with Gasteiger partial charge in [0.25, 0.3) is 5.91 Å². The lowest BCUT2D eigenvalue weighted by atomic mass is 9.91. The second-order valence-electron chi connectivity index (χ2n) is 7.19. The van der Waals surface area contributed by atoms with Gasteiger partial charge in [-0.2, -0.15) is 0 Å². The van der Waals surface area contributed by atoms with Gasteiger partial charge < -0.3 is 14.4 Å². The van der Waals surface area contributed by atoms with Crippen LogP contribution in [0, 0.1) is 5.82 Å². The van der Waals surface area contributed by atoms with Crippen LogP contribution in [0.1, 0.15) is 32.7 Å². The van der Waals surface area contributed by atoms with Crippen molar-refractivity contribution >= 4 is 11.9 Å². The molecule has 3 aromatic rings. The molecule has 8 heteroatoms. The molecule has 1 aromatic heterocycles. The molecular weight excluding hydrogens is 389 g/mol. The first-order chi connectivity index (χ1) is 14.6. The van der Waals surface area contributed by atoms with E-state index in [-0.39, 0.29) is 23.7 Å². The van der Waals surface area contributed by atoms with Crippen molar-refractivity contribution in [3.05, 3.63) is 83.6 Å². The number of esters is 1. The van der Waals surface area contributed by atoms with Gasteiger partial charge in [-0.25, -0.2) is 14.2 Å². The van der Waals surface area contributed by atoms with E-state index in [0.717, 1.165) is 11.6 Å². The van der Waals surface area contributed by atoms with Crippen LogP contribution < -0.4 is 4.74 Å². The van der Waals surface area contributed by atoms with Gasteiger partial charge in [-0.05, 0) is 18.2 Å². The number of hydrogen-bond acceptors (Lipinski definition) is 6. The second kappa shape index (κ2) is 6.91. The average molecular weight is 405 g/mol. The van der Waals surface area contributed by atoms with Crippen LogP contribution in [0.15, 0.2) is 61.1 Å². The van der Waals surface area contributed by atoms with Crippen molar-refractivity contribution in [2.75, 3.05) is 13.1 Å². The highest BCUT2D eigenvalue weighted by Crippen LogP contribution is 2.43. The summed E-state index contributed by atoms with van der Waals surface area (Å²) in [6, 6.07) is 11.2. The van der Waals surface area contributed by atoms with E-state index in [1.807, 2.05) is 12.1 Å². The fourth-order valence-corrected chi connectivity index (χ4v) is 3.97. The Morgan fingerprint density at radius 3 is 2.87 bits per heavy atom. The molecule has 0 unspecified atom stereocenters. The van der Waals surface area contributed by atoms with Gasteiger partial charge in [-0.3, -0.25) is 9.78 Å². The number of hydrogen-bond donors (Lipinski definition) is 0. The van der Waals surface area contributed by atoms with Crippen molar-refractivity contribution in [2.24, 2.45) is 0 Å². The third-order valence-corrected chi connectivity index (χ3v) is 5.38. The van der Waals surface area contributed by atoms with Gasteiger partial charge in [-0.1, -0.05) is 18.2 Å². The number of ether oxygens (including phenoxy) is 2. The van der Waals surface area contributed by atoms with Gasteiger partial charge in [0.05, 0.1) is 23.9 Å². The number of halogens is 1. The second-order valence-corrected chi connectivity index (χ2v) is 7.19. The van der Waals surface area contributed by atoms with Gasteiger partial charge in [0.1, 0.15) is 11.6 Å². The zero-order valence-electron chi connectivity index (χ0n) is 15.7. The zero-order chi connectivity index (χ0) is 20.7. The zero-order valence-corrected chi connectivity index (χ0v) is 15.7. The fourth-order valence-electron chi connectivity index (χ4n) is 3.97. The van der Waals surface area contributed by atoms with Crippen LogP contribution in [0.3, 0.4) is 0 Å². The highest BCUT2D eigenvalue weighted by atomic mass is 19.1. The summed E-state index contributed by atoms with van der Waals surface area (Å²) >= 11 is 0. The highest BCUT2D eigenvalue weighted by Gasteiger charge is 2.51. The number of likely N-dealkylation sites (tertiary alicyclic amines) is 1. The molecule has 1 atom stereocenters. The number of aromatic nitrogens is 2.